The van der Waals surface area contributed by atoms with Crippen LogP contribution in [0.25, 0.3) is 0 Å². The van der Waals surface area contributed by atoms with E-state index in [-0.39, 0.29) is 24.4 Å². The molecule has 4 rings (SSSR count). The van der Waals surface area contributed by atoms with Crippen molar-refractivity contribution in [2.75, 3.05) is 18.5 Å². The van der Waals surface area contributed by atoms with Crippen LogP contribution in [0.3, 0.4) is 0 Å². The van der Waals surface area contributed by atoms with E-state index in [9.17, 15) is 18.0 Å². The number of alkyl halides is 3. The van der Waals surface area contributed by atoms with Gasteiger partial charge in [-0.3, -0.25) is 10.3 Å². The predicted octanol–water partition coefficient (Wildman–Crippen LogP) is 2.97. The van der Waals surface area contributed by atoms with Crippen LogP contribution >= 0.6 is 0 Å². The number of nitrogens with one attached hydrogen (secondary N) is 2. The lowest BCUT2D eigenvalue weighted by Crippen LogP contribution is -2.41. The Kier molecular flexibility index (Phi) is 5.89. The number of carbonyl (C=O) groups is 1. The van der Waals surface area contributed by atoms with Crippen LogP contribution in [0.15, 0.2) is 48.7 Å². The third-order valence-corrected chi connectivity index (χ3v) is 4.97. The van der Waals surface area contributed by atoms with Gasteiger partial charge in [-0.1, -0.05) is 12.1 Å². The Balaban J connectivity index is 1.30. The van der Waals surface area contributed by atoms with E-state index in [1.807, 2.05) is 18.2 Å². The Morgan fingerprint density at radius 1 is 1.13 bits per heavy atom. The number of halogens is 3. The Morgan fingerprint density at radius 2 is 1.97 bits per heavy atom. The van der Waals surface area contributed by atoms with Gasteiger partial charge in [-0.15, -0.1) is 0 Å². The lowest BCUT2D eigenvalue weighted by molar-refractivity contribution is -0.137. The molecule has 0 bridgehead atoms. The number of hydrogen-bond donors (Lipinski definition) is 2. The maximum atomic E-state index is 12.8. The highest BCUT2D eigenvalue weighted by Gasteiger charge is 2.49. The first-order chi connectivity index (χ1) is 14.4. The first-order valence-corrected chi connectivity index (χ1v) is 9.41. The molecule has 0 spiro atoms. The van der Waals surface area contributed by atoms with Gasteiger partial charge >= 0.3 is 12.3 Å². The molecule has 2 N–H and O–H groups in total. The van der Waals surface area contributed by atoms with Gasteiger partial charge in [-0.2, -0.15) is 13.2 Å². The largest absolute Gasteiger partial charge is 0.441 e. The van der Waals surface area contributed by atoms with Crippen LogP contribution < -0.4 is 10.6 Å². The number of benzene rings is 1. The fourth-order valence-corrected chi connectivity index (χ4v) is 3.54. The number of rotatable bonds is 5. The summed E-state index contributed by atoms with van der Waals surface area (Å²) in [6, 6.07) is 9.90. The molecule has 0 aliphatic carbocycles. The average Bonchev–Trinajstić information content (AvgIpc) is 3.30. The molecule has 3 heterocycles. The van der Waals surface area contributed by atoms with Gasteiger partial charge in [0.2, 0.25) is 0 Å². The van der Waals surface area contributed by atoms with Crippen molar-refractivity contribution in [1.29, 1.82) is 0 Å². The second kappa shape index (κ2) is 8.58. The van der Waals surface area contributed by atoms with E-state index >= 15 is 0 Å². The first kappa shape index (κ1) is 20.6. The molecule has 1 aromatic carbocycles. The summed E-state index contributed by atoms with van der Waals surface area (Å²) in [7, 11) is 0. The number of anilines is 1. The standard InChI is InChI=1S/C20H20F3N3O4/c21-20(22,23)12-4-3-6-13(8-12)26-19(27)30-16-11-29-17-15(10-28-18(16)17)25-9-14-5-1-2-7-24-14/h1-8,15-18,25H,9-11H2,(H,26,27). The van der Waals surface area contributed by atoms with Crippen LogP contribution in [0.1, 0.15) is 11.3 Å². The van der Waals surface area contributed by atoms with Crippen molar-refractivity contribution in [2.24, 2.45) is 0 Å². The zero-order valence-electron chi connectivity index (χ0n) is 15.8. The number of amides is 1. The Hall–Kier alpha value is -2.69. The van der Waals surface area contributed by atoms with Crippen LogP contribution in [0.4, 0.5) is 23.7 Å². The molecule has 1 amide bonds. The number of nitrogens with zero attached hydrogens (tertiary/aromatic N) is 1. The zero-order valence-corrected chi connectivity index (χ0v) is 15.8. The fourth-order valence-electron chi connectivity index (χ4n) is 3.54. The SMILES string of the molecule is O=C(Nc1cccc(C(F)(F)F)c1)OC1COC2C(NCc3ccccn3)COC12. The molecular formula is C20H20F3N3O4. The average molecular weight is 423 g/mol. The minimum absolute atomic E-state index is 0.00691. The molecule has 7 nitrogen and oxygen atoms in total. The zero-order chi connectivity index (χ0) is 21.1. The van der Waals surface area contributed by atoms with E-state index in [0.717, 1.165) is 17.8 Å². The van der Waals surface area contributed by atoms with Gasteiger partial charge in [-0.25, -0.2) is 4.79 Å². The van der Waals surface area contributed by atoms with Crippen molar-refractivity contribution < 1.29 is 32.2 Å². The summed E-state index contributed by atoms with van der Waals surface area (Å²) < 4.78 is 55.2. The van der Waals surface area contributed by atoms with Crippen molar-refractivity contribution >= 4 is 11.8 Å². The maximum Gasteiger partial charge on any atom is 0.416 e. The molecule has 2 aromatic rings. The highest BCUT2D eigenvalue weighted by atomic mass is 19.4. The summed E-state index contributed by atoms with van der Waals surface area (Å²) in [6.45, 7) is 1.08. The molecule has 10 heteroatoms. The second-order valence-electron chi connectivity index (χ2n) is 7.05. The van der Waals surface area contributed by atoms with Gasteiger partial charge in [0.25, 0.3) is 0 Å². The molecule has 2 saturated heterocycles. The van der Waals surface area contributed by atoms with Crippen molar-refractivity contribution in [1.82, 2.24) is 10.3 Å². The Labute approximate surface area is 170 Å². The summed E-state index contributed by atoms with van der Waals surface area (Å²) in [5.74, 6) is 0. The third kappa shape index (κ3) is 4.72. The Bertz CT molecular complexity index is 881. The number of pyridine rings is 1. The van der Waals surface area contributed by atoms with E-state index in [4.69, 9.17) is 14.2 Å². The number of hydrogen-bond acceptors (Lipinski definition) is 6. The fraction of sp³-hybridized carbons (Fsp3) is 0.400. The number of carbonyl (C=O) groups excluding carboxylic acids is 1. The van der Waals surface area contributed by atoms with Gasteiger partial charge in [0, 0.05) is 18.4 Å². The lowest BCUT2D eigenvalue weighted by atomic mass is 10.1. The first-order valence-electron chi connectivity index (χ1n) is 9.41. The Morgan fingerprint density at radius 3 is 2.73 bits per heavy atom. The molecule has 2 aliphatic heterocycles. The van der Waals surface area contributed by atoms with E-state index < -0.39 is 30.0 Å². The second-order valence-corrected chi connectivity index (χ2v) is 7.05. The highest BCUT2D eigenvalue weighted by molar-refractivity contribution is 5.84. The summed E-state index contributed by atoms with van der Waals surface area (Å²) >= 11 is 0. The monoisotopic (exact) mass is 423 g/mol. The van der Waals surface area contributed by atoms with Crippen LogP contribution in [0.2, 0.25) is 0 Å². The molecule has 4 atom stereocenters. The van der Waals surface area contributed by atoms with Crippen LogP contribution in [-0.4, -0.2) is 48.6 Å². The molecule has 4 unspecified atom stereocenters. The van der Waals surface area contributed by atoms with E-state index in [1.54, 1.807) is 6.20 Å². The quantitative estimate of drug-likeness (QED) is 0.770. The summed E-state index contributed by atoms with van der Waals surface area (Å²) in [5.41, 5.74) is 0.0188. The molecule has 1 aromatic heterocycles. The normalized spacial score (nSPS) is 25.7. The summed E-state index contributed by atoms with van der Waals surface area (Å²) in [4.78, 5) is 16.4. The van der Waals surface area contributed by atoms with Crippen LogP contribution in [-0.2, 0) is 26.9 Å². The van der Waals surface area contributed by atoms with Gasteiger partial charge in [0.05, 0.1) is 30.5 Å². The van der Waals surface area contributed by atoms with Crippen LogP contribution in [0.5, 0.6) is 0 Å². The van der Waals surface area contributed by atoms with Crippen molar-refractivity contribution in [3.63, 3.8) is 0 Å². The molecule has 0 saturated carbocycles. The van der Waals surface area contributed by atoms with Crippen molar-refractivity contribution in [3.8, 4) is 0 Å². The predicted molar refractivity (Wildman–Crippen MR) is 99.7 cm³/mol. The minimum Gasteiger partial charge on any atom is -0.441 e. The summed E-state index contributed by atoms with van der Waals surface area (Å²) in [6.07, 6.45) is -5.04. The maximum absolute atomic E-state index is 12.8. The van der Waals surface area contributed by atoms with E-state index in [0.29, 0.717) is 13.2 Å². The van der Waals surface area contributed by atoms with Crippen molar-refractivity contribution in [3.05, 3.63) is 59.9 Å². The number of fused-ring (bicyclic) bond motifs is 1. The van der Waals surface area contributed by atoms with Crippen LogP contribution in [0, 0.1) is 0 Å². The minimum atomic E-state index is -4.50. The van der Waals surface area contributed by atoms with Gasteiger partial charge in [-0.05, 0) is 30.3 Å². The lowest BCUT2D eigenvalue weighted by Gasteiger charge is -2.18. The third-order valence-electron chi connectivity index (χ3n) is 4.97. The topological polar surface area (TPSA) is 81.7 Å². The molecule has 0 radical (unpaired) electrons. The summed E-state index contributed by atoms with van der Waals surface area (Å²) in [5, 5.41) is 5.65. The molecule has 160 valence electrons. The highest BCUT2D eigenvalue weighted by Crippen LogP contribution is 2.31. The van der Waals surface area contributed by atoms with Crippen molar-refractivity contribution in [2.45, 2.75) is 37.1 Å². The van der Waals surface area contributed by atoms with Gasteiger partial charge < -0.3 is 19.5 Å². The molecule has 30 heavy (non-hydrogen) atoms. The molecule has 2 fully saturated rings. The number of ether oxygens (including phenoxy) is 3. The van der Waals surface area contributed by atoms with Gasteiger partial charge in [0.15, 0.2) is 6.10 Å². The number of aromatic nitrogens is 1. The smallest absolute Gasteiger partial charge is 0.416 e. The van der Waals surface area contributed by atoms with E-state index in [1.165, 1.54) is 12.1 Å². The molecule has 2 aliphatic rings. The molecular weight excluding hydrogens is 403 g/mol. The van der Waals surface area contributed by atoms with E-state index in [2.05, 4.69) is 15.6 Å². The van der Waals surface area contributed by atoms with Gasteiger partial charge in [0.1, 0.15) is 12.2 Å².